The van der Waals surface area contributed by atoms with E-state index in [4.69, 9.17) is 4.74 Å². The normalized spacial score (nSPS) is 11.0. The summed E-state index contributed by atoms with van der Waals surface area (Å²) in [5, 5.41) is 3.34. The van der Waals surface area contributed by atoms with Crippen LogP contribution in [0.25, 0.3) is 16.6 Å². The van der Waals surface area contributed by atoms with E-state index in [2.05, 4.69) is 24.1 Å². The molecule has 0 bridgehead atoms. The fourth-order valence-corrected chi connectivity index (χ4v) is 2.84. The van der Waals surface area contributed by atoms with E-state index < -0.39 is 0 Å². The van der Waals surface area contributed by atoms with Crippen molar-refractivity contribution in [3.05, 3.63) is 64.7 Å². The maximum atomic E-state index is 12.9. The summed E-state index contributed by atoms with van der Waals surface area (Å²) in [5.41, 5.74) is 1.39. The molecular weight excluding hydrogens is 342 g/mol. The lowest BCUT2D eigenvalue weighted by atomic mass is 10.1. The largest absolute Gasteiger partial charge is 0.495 e. The van der Waals surface area contributed by atoms with Crippen LogP contribution in [0.4, 0.5) is 0 Å². The molecule has 0 aliphatic heterocycles. The second-order valence-corrected chi connectivity index (χ2v) is 6.76. The molecule has 6 nitrogen and oxygen atoms in total. The maximum Gasteiger partial charge on any atom is 0.265 e. The number of hydrogen-bond donors (Lipinski definition) is 1. The molecule has 0 aliphatic carbocycles. The average Bonchev–Trinajstić information content (AvgIpc) is 2.67. The molecule has 6 heteroatoms. The quantitative estimate of drug-likeness (QED) is 0.728. The van der Waals surface area contributed by atoms with Crippen molar-refractivity contribution in [3.8, 4) is 11.4 Å². The van der Waals surface area contributed by atoms with Gasteiger partial charge in [-0.2, -0.15) is 0 Å². The van der Waals surface area contributed by atoms with E-state index in [0.29, 0.717) is 40.4 Å². The molecule has 1 heterocycles. The van der Waals surface area contributed by atoms with Crippen molar-refractivity contribution in [3.63, 3.8) is 0 Å². The van der Waals surface area contributed by atoms with Gasteiger partial charge in [0.15, 0.2) is 0 Å². The summed E-state index contributed by atoms with van der Waals surface area (Å²) in [6.45, 7) is 4.84. The molecule has 3 rings (SSSR count). The van der Waals surface area contributed by atoms with Crippen molar-refractivity contribution in [1.82, 2.24) is 14.9 Å². The highest BCUT2D eigenvalue weighted by molar-refractivity contribution is 5.97. The van der Waals surface area contributed by atoms with Gasteiger partial charge in [0.1, 0.15) is 12.1 Å². The van der Waals surface area contributed by atoms with Gasteiger partial charge >= 0.3 is 0 Å². The van der Waals surface area contributed by atoms with Gasteiger partial charge < -0.3 is 10.1 Å². The van der Waals surface area contributed by atoms with Crippen LogP contribution in [0.1, 0.15) is 30.6 Å². The lowest BCUT2D eigenvalue weighted by molar-refractivity contribution is 0.0952. The number of nitrogens with one attached hydrogen (secondary N) is 1. The van der Waals surface area contributed by atoms with E-state index in [1.165, 1.54) is 10.9 Å². The number of hydrogen-bond acceptors (Lipinski definition) is 4. The van der Waals surface area contributed by atoms with Crippen LogP contribution in [-0.2, 0) is 0 Å². The summed E-state index contributed by atoms with van der Waals surface area (Å²) in [4.78, 5) is 29.6. The molecule has 27 heavy (non-hydrogen) atoms. The Bertz CT molecular complexity index is 1020. The molecule has 0 saturated carbocycles. The van der Waals surface area contributed by atoms with Crippen LogP contribution in [0.5, 0.6) is 5.75 Å². The van der Waals surface area contributed by atoms with Gasteiger partial charge in [-0.25, -0.2) is 4.98 Å². The van der Waals surface area contributed by atoms with Crippen molar-refractivity contribution in [2.45, 2.75) is 20.3 Å². The van der Waals surface area contributed by atoms with Gasteiger partial charge in [0, 0.05) is 12.1 Å². The van der Waals surface area contributed by atoms with E-state index in [-0.39, 0.29) is 11.5 Å². The SMILES string of the molecule is COc1ccccc1-n1cnc2cc(C(=O)NCCC(C)C)ccc2c1=O. The van der Waals surface area contributed by atoms with Crippen LogP contribution >= 0.6 is 0 Å². The Morgan fingerprint density at radius 2 is 2.00 bits per heavy atom. The van der Waals surface area contributed by atoms with Gasteiger partial charge in [-0.3, -0.25) is 14.2 Å². The Hall–Kier alpha value is -3.15. The van der Waals surface area contributed by atoms with Gasteiger partial charge in [-0.1, -0.05) is 26.0 Å². The number of aromatic nitrogens is 2. The van der Waals surface area contributed by atoms with E-state index in [0.717, 1.165) is 6.42 Å². The summed E-state index contributed by atoms with van der Waals surface area (Å²) in [7, 11) is 1.56. The fraction of sp³-hybridized carbons (Fsp3) is 0.286. The third-order valence-corrected chi connectivity index (χ3v) is 4.37. The summed E-state index contributed by atoms with van der Waals surface area (Å²) in [6, 6.07) is 12.2. The molecule has 0 aliphatic rings. The van der Waals surface area contributed by atoms with E-state index in [1.54, 1.807) is 37.4 Å². The highest BCUT2D eigenvalue weighted by atomic mass is 16.5. The Morgan fingerprint density at radius 3 is 2.74 bits per heavy atom. The number of fused-ring (bicyclic) bond motifs is 1. The number of nitrogens with zero attached hydrogens (tertiary/aromatic N) is 2. The first-order chi connectivity index (χ1) is 13.0. The first-order valence-electron chi connectivity index (χ1n) is 8.94. The highest BCUT2D eigenvalue weighted by Gasteiger charge is 2.12. The zero-order valence-electron chi connectivity index (χ0n) is 15.7. The Morgan fingerprint density at radius 1 is 1.22 bits per heavy atom. The molecule has 0 saturated heterocycles. The summed E-state index contributed by atoms with van der Waals surface area (Å²) < 4.78 is 6.78. The number of carbonyl (C=O) groups is 1. The second-order valence-electron chi connectivity index (χ2n) is 6.76. The minimum absolute atomic E-state index is 0.159. The van der Waals surface area contributed by atoms with Crippen LogP contribution in [0.15, 0.2) is 53.6 Å². The first kappa shape index (κ1) is 18.6. The zero-order chi connectivity index (χ0) is 19.4. The monoisotopic (exact) mass is 365 g/mol. The van der Waals surface area contributed by atoms with E-state index in [9.17, 15) is 9.59 Å². The van der Waals surface area contributed by atoms with Crippen molar-refractivity contribution < 1.29 is 9.53 Å². The standard InChI is InChI=1S/C21H23N3O3/c1-14(2)10-11-22-20(25)15-8-9-16-17(12-15)23-13-24(21(16)26)18-6-4-5-7-19(18)27-3/h4-9,12-14H,10-11H2,1-3H3,(H,22,25). The van der Waals surface area contributed by atoms with Crippen molar-refractivity contribution >= 4 is 16.8 Å². The topological polar surface area (TPSA) is 73.2 Å². The third kappa shape index (κ3) is 4.00. The Kier molecular flexibility index (Phi) is 5.54. The van der Waals surface area contributed by atoms with Gasteiger partial charge in [0.05, 0.1) is 23.7 Å². The summed E-state index contributed by atoms with van der Waals surface area (Å²) >= 11 is 0. The molecular formula is C21H23N3O3. The summed E-state index contributed by atoms with van der Waals surface area (Å²) in [6.07, 6.45) is 2.38. The minimum atomic E-state index is -0.212. The number of benzene rings is 2. The molecule has 0 radical (unpaired) electrons. The molecule has 0 atom stereocenters. The van der Waals surface area contributed by atoms with Gasteiger partial charge in [0.2, 0.25) is 0 Å². The third-order valence-electron chi connectivity index (χ3n) is 4.37. The molecule has 0 fully saturated rings. The summed E-state index contributed by atoms with van der Waals surface area (Å²) in [5.74, 6) is 0.951. The van der Waals surface area contributed by atoms with E-state index in [1.807, 2.05) is 12.1 Å². The number of methoxy groups -OCH3 is 1. The average molecular weight is 365 g/mol. The lowest BCUT2D eigenvalue weighted by Crippen LogP contribution is -2.25. The molecule has 0 spiro atoms. The maximum absolute atomic E-state index is 12.9. The van der Waals surface area contributed by atoms with E-state index >= 15 is 0 Å². The Labute approximate surface area is 157 Å². The van der Waals surface area contributed by atoms with Crippen LogP contribution in [0, 0.1) is 5.92 Å². The smallest absolute Gasteiger partial charge is 0.265 e. The second kappa shape index (κ2) is 8.03. The van der Waals surface area contributed by atoms with Gasteiger partial charge in [-0.15, -0.1) is 0 Å². The molecule has 1 amide bonds. The Balaban J connectivity index is 1.94. The van der Waals surface area contributed by atoms with Crippen molar-refractivity contribution in [2.24, 2.45) is 5.92 Å². The predicted octanol–water partition coefficient (Wildman–Crippen LogP) is 3.17. The van der Waals surface area contributed by atoms with Crippen LogP contribution < -0.4 is 15.6 Å². The minimum Gasteiger partial charge on any atom is -0.495 e. The van der Waals surface area contributed by atoms with Gasteiger partial charge in [0.25, 0.3) is 11.5 Å². The van der Waals surface area contributed by atoms with Crippen molar-refractivity contribution in [1.29, 1.82) is 0 Å². The highest BCUT2D eigenvalue weighted by Crippen LogP contribution is 2.21. The fourth-order valence-electron chi connectivity index (χ4n) is 2.84. The van der Waals surface area contributed by atoms with Crippen LogP contribution in [0.3, 0.4) is 0 Å². The van der Waals surface area contributed by atoms with Crippen LogP contribution in [0.2, 0.25) is 0 Å². The molecule has 2 aromatic carbocycles. The molecule has 140 valence electrons. The zero-order valence-corrected chi connectivity index (χ0v) is 15.7. The predicted molar refractivity (Wildman–Crippen MR) is 106 cm³/mol. The molecule has 0 unspecified atom stereocenters. The van der Waals surface area contributed by atoms with Gasteiger partial charge in [-0.05, 0) is 42.7 Å². The number of carbonyl (C=O) groups excluding carboxylic acids is 1. The number of rotatable bonds is 6. The molecule has 3 aromatic rings. The number of amides is 1. The van der Waals surface area contributed by atoms with Crippen LogP contribution in [-0.4, -0.2) is 29.1 Å². The number of ether oxygens (including phenoxy) is 1. The number of para-hydroxylation sites is 2. The first-order valence-corrected chi connectivity index (χ1v) is 8.94. The molecule has 1 N–H and O–H groups in total. The van der Waals surface area contributed by atoms with Crippen molar-refractivity contribution in [2.75, 3.05) is 13.7 Å². The molecule has 1 aromatic heterocycles. The lowest BCUT2D eigenvalue weighted by Gasteiger charge is -2.11.